The molecule has 6 rings (SSSR count). The number of thiazole rings is 1. The highest BCUT2D eigenvalue weighted by atomic mass is 32.1. The molecule has 2 fully saturated rings. The summed E-state index contributed by atoms with van der Waals surface area (Å²) in [6, 6.07) is 8.48. The van der Waals surface area contributed by atoms with Gasteiger partial charge in [-0.15, -0.1) is 11.3 Å². The topological polar surface area (TPSA) is 114 Å². The molecule has 0 saturated carbocycles. The van der Waals surface area contributed by atoms with E-state index in [0.717, 1.165) is 32.2 Å². The summed E-state index contributed by atoms with van der Waals surface area (Å²) < 4.78 is 7.10. The third kappa shape index (κ3) is 2.90. The van der Waals surface area contributed by atoms with Crippen molar-refractivity contribution in [3.05, 3.63) is 42.1 Å². The Hall–Kier alpha value is -3.37. The number of aromatic nitrogens is 2. The molecule has 0 radical (unpaired) electrons. The summed E-state index contributed by atoms with van der Waals surface area (Å²) in [5.41, 5.74) is 0.996. The smallest absolute Gasteiger partial charge is 0.328 e. The molecule has 0 unspecified atom stereocenters. The maximum atomic E-state index is 13.3. The van der Waals surface area contributed by atoms with Crippen molar-refractivity contribution in [3.63, 3.8) is 0 Å². The molecule has 0 aliphatic carbocycles. The van der Waals surface area contributed by atoms with Gasteiger partial charge in [0.05, 0.1) is 28.5 Å². The molecule has 1 spiro atoms. The highest BCUT2D eigenvalue weighted by molar-refractivity contribution is 7.21. The number of amides is 4. The van der Waals surface area contributed by atoms with Gasteiger partial charge < -0.3 is 9.64 Å². The van der Waals surface area contributed by atoms with Crippen molar-refractivity contribution >= 4 is 45.2 Å². The van der Waals surface area contributed by atoms with Crippen molar-refractivity contribution in [1.82, 2.24) is 20.6 Å². The fourth-order valence-electron chi connectivity index (χ4n) is 5.42. The van der Waals surface area contributed by atoms with Crippen LogP contribution < -0.4 is 15.5 Å². The molecule has 2 N–H and O–H groups in total. The van der Waals surface area contributed by atoms with Crippen LogP contribution in [0.25, 0.3) is 20.8 Å². The number of rotatable bonds is 1. The first-order valence-electron chi connectivity index (χ1n) is 10.8. The Bertz CT molecular complexity index is 1280. The lowest BCUT2D eigenvalue weighted by Gasteiger charge is -2.54. The predicted molar refractivity (Wildman–Crippen MR) is 122 cm³/mol. The summed E-state index contributed by atoms with van der Waals surface area (Å²) in [6.45, 7) is 4.28. The Kier molecular flexibility index (Phi) is 4.33. The minimum atomic E-state index is -1.51. The zero-order valence-electron chi connectivity index (χ0n) is 18.0. The van der Waals surface area contributed by atoms with Crippen LogP contribution in [0.3, 0.4) is 0 Å². The van der Waals surface area contributed by atoms with Crippen LogP contribution >= 0.6 is 11.3 Å². The molecule has 0 bridgehead atoms. The molecule has 9 nitrogen and oxygen atoms in total. The number of nitrogens with zero attached hydrogens (tertiary/aromatic N) is 3. The van der Waals surface area contributed by atoms with Gasteiger partial charge in [-0.05, 0) is 37.6 Å². The summed E-state index contributed by atoms with van der Waals surface area (Å²) in [7, 11) is 0. The number of hydrogen-bond acceptors (Lipinski definition) is 8. The third-order valence-electron chi connectivity index (χ3n) is 6.68. The molecule has 3 aromatic rings. The van der Waals surface area contributed by atoms with E-state index in [0.29, 0.717) is 6.54 Å². The number of hydrogen-bond donors (Lipinski definition) is 2. The molecule has 3 atom stereocenters. The summed E-state index contributed by atoms with van der Waals surface area (Å²) in [5.74, 6) is -0.477. The van der Waals surface area contributed by atoms with Gasteiger partial charge in [0.15, 0.2) is 5.41 Å². The highest BCUT2D eigenvalue weighted by Gasteiger charge is 2.63. The Morgan fingerprint density at radius 2 is 1.91 bits per heavy atom. The number of benzene rings is 1. The SMILES string of the molecule is C[C@@H]1CN2c3ncc(-c4nc5ccccc5s4)cc3CC3(C(=O)NC(=O)NC3=O)[C@H]2[C@H](C)O1. The number of carbonyl (C=O) groups is 3. The standard InChI is InChI=1S/C23H21N5O4S/c1-11-10-28-17(12(2)32-11)23(20(29)26-22(31)27-21(23)30)8-13-7-14(9-24-18(13)28)19-25-15-5-3-4-6-16(15)33-19/h3-7,9,11-12,17H,8,10H2,1-2H3,(H2,26,27,29,30,31)/t11-,12+,17-/m1/s1. The van der Waals surface area contributed by atoms with Crippen LogP contribution in [-0.4, -0.2) is 52.6 Å². The van der Waals surface area contributed by atoms with Crippen LogP contribution in [0.4, 0.5) is 10.6 Å². The molecular formula is C23H21N5O4S. The van der Waals surface area contributed by atoms with E-state index in [-0.39, 0.29) is 12.5 Å². The van der Waals surface area contributed by atoms with Gasteiger partial charge in [-0.25, -0.2) is 14.8 Å². The molecular weight excluding hydrogens is 442 g/mol. The van der Waals surface area contributed by atoms with Gasteiger partial charge in [0, 0.05) is 24.7 Å². The van der Waals surface area contributed by atoms with Crippen LogP contribution in [-0.2, 0) is 20.7 Å². The number of ether oxygens (including phenoxy) is 1. The Morgan fingerprint density at radius 1 is 1.15 bits per heavy atom. The first kappa shape index (κ1) is 20.3. The summed E-state index contributed by atoms with van der Waals surface area (Å²) in [5, 5.41) is 5.43. The van der Waals surface area contributed by atoms with Crippen molar-refractivity contribution < 1.29 is 19.1 Å². The van der Waals surface area contributed by atoms with Crippen LogP contribution in [0.5, 0.6) is 0 Å². The largest absolute Gasteiger partial charge is 0.372 e. The molecule has 3 aliphatic heterocycles. The molecule has 4 amide bonds. The zero-order valence-corrected chi connectivity index (χ0v) is 18.8. The van der Waals surface area contributed by atoms with E-state index in [1.807, 2.05) is 49.1 Å². The normalized spacial score (nSPS) is 26.1. The maximum Gasteiger partial charge on any atom is 0.328 e. The van der Waals surface area contributed by atoms with Gasteiger partial charge in [0.25, 0.3) is 0 Å². The maximum absolute atomic E-state index is 13.3. The second-order valence-electron chi connectivity index (χ2n) is 8.83. The van der Waals surface area contributed by atoms with E-state index in [1.165, 1.54) is 0 Å². The van der Waals surface area contributed by atoms with E-state index in [1.54, 1.807) is 17.5 Å². The summed E-state index contributed by atoms with van der Waals surface area (Å²) in [6.07, 6.45) is 1.38. The summed E-state index contributed by atoms with van der Waals surface area (Å²) in [4.78, 5) is 49.8. The minimum Gasteiger partial charge on any atom is -0.372 e. The monoisotopic (exact) mass is 463 g/mol. The number of barbiturate groups is 1. The second kappa shape index (κ2) is 7.06. The number of urea groups is 1. The molecule has 33 heavy (non-hydrogen) atoms. The van der Waals surface area contributed by atoms with Gasteiger partial charge >= 0.3 is 6.03 Å². The third-order valence-corrected chi connectivity index (χ3v) is 7.76. The molecule has 2 saturated heterocycles. The number of morpholine rings is 1. The first-order valence-corrected chi connectivity index (χ1v) is 11.6. The second-order valence-corrected chi connectivity index (χ2v) is 9.86. The minimum absolute atomic E-state index is 0.110. The van der Waals surface area contributed by atoms with Gasteiger partial charge in [0.1, 0.15) is 10.8 Å². The first-order chi connectivity index (χ1) is 15.9. The van der Waals surface area contributed by atoms with Crippen molar-refractivity contribution in [1.29, 1.82) is 0 Å². The predicted octanol–water partition coefficient (Wildman–Crippen LogP) is 2.25. The van der Waals surface area contributed by atoms with Crippen molar-refractivity contribution in [2.75, 3.05) is 11.4 Å². The van der Waals surface area contributed by atoms with Crippen LogP contribution in [0.15, 0.2) is 36.5 Å². The number of pyridine rings is 1. The van der Waals surface area contributed by atoms with Crippen LogP contribution in [0.1, 0.15) is 19.4 Å². The lowest BCUT2D eigenvalue weighted by Crippen LogP contribution is -2.75. The van der Waals surface area contributed by atoms with Gasteiger partial charge in [-0.2, -0.15) is 0 Å². The quantitative estimate of drug-likeness (QED) is 0.532. The fourth-order valence-corrected chi connectivity index (χ4v) is 6.36. The van der Waals surface area contributed by atoms with Crippen molar-refractivity contribution in [2.45, 2.75) is 38.5 Å². The van der Waals surface area contributed by atoms with E-state index < -0.39 is 35.4 Å². The fraction of sp³-hybridized carbons (Fsp3) is 0.348. The number of anilines is 1. The Labute approximate surface area is 193 Å². The Balaban J connectivity index is 1.51. The van der Waals surface area contributed by atoms with E-state index in [2.05, 4.69) is 10.6 Å². The van der Waals surface area contributed by atoms with E-state index in [9.17, 15) is 14.4 Å². The van der Waals surface area contributed by atoms with Crippen LogP contribution in [0, 0.1) is 5.41 Å². The molecule has 10 heteroatoms. The van der Waals surface area contributed by atoms with Crippen LogP contribution in [0.2, 0.25) is 0 Å². The lowest BCUT2D eigenvalue weighted by molar-refractivity contribution is -0.153. The molecule has 3 aliphatic rings. The molecule has 2 aromatic heterocycles. The average molecular weight is 464 g/mol. The zero-order chi connectivity index (χ0) is 22.9. The van der Waals surface area contributed by atoms with E-state index >= 15 is 0 Å². The Morgan fingerprint density at radius 3 is 2.67 bits per heavy atom. The van der Waals surface area contributed by atoms with Gasteiger partial charge in [0.2, 0.25) is 11.8 Å². The number of nitrogens with one attached hydrogen (secondary N) is 2. The molecule has 168 valence electrons. The number of para-hydroxylation sites is 1. The van der Waals surface area contributed by atoms with Gasteiger partial charge in [-0.1, -0.05) is 12.1 Å². The average Bonchev–Trinajstić information content (AvgIpc) is 3.21. The highest BCUT2D eigenvalue weighted by Crippen LogP contribution is 2.46. The lowest BCUT2D eigenvalue weighted by atomic mass is 9.67. The summed E-state index contributed by atoms with van der Waals surface area (Å²) >= 11 is 1.57. The number of imide groups is 2. The number of fused-ring (bicyclic) bond motifs is 5. The molecule has 1 aromatic carbocycles. The van der Waals surface area contributed by atoms with Gasteiger partial charge in [-0.3, -0.25) is 20.2 Å². The van der Waals surface area contributed by atoms with Crippen molar-refractivity contribution in [3.8, 4) is 10.6 Å². The number of carbonyl (C=O) groups excluding carboxylic acids is 3. The van der Waals surface area contributed by atoms with E-state index in [4.69, 9.17) is 14.7 Å². The molecule has 5 heterocycles. The van der Waals surface area contributed by atoms with Crippen molar-refractivity contribution in [2.24, 2.45) is 5.41 Å².